The van der Waals surface area contributed by atoms with Crippen molar-refractivity contribution >= 4 is 15.9 Å². The van der Waals surface area contributed by atoms with Gasteiger partial charge < -0.3 is 5.11 Å². The van der Waals surface area contributed by atoms with Gasteiger partial charge in [-0.05, 0) is 12.2 Å². The smallest absolute Gasteiger partial charge is 0.125 e. The quantitative estimate of drug-likeness (QED) is 0.637. The van der Waals surface area contributed by atoms with E-state index in [4.69, 9.17) is 11.0 Å². The maximum Gasteiger partial charge on any atom is 0.125 e. The Hall–Kier alpha value is -0.320. The SMILES string of the molecule is NOC1C=CC(O)=C(Br)C1. The molecule has 1 aliphatic rings. The van der Waals surface area contributed by atoms with E-state index in [2.05, 4.69) is 20.8 Å². The largest absolute Gasteiger partial charge is 0.507 e. The summed E-state index contributed by atoms with van der Waals surface area (Å²) >= 11 is 3.18. The number of allylic oxidation sites excluding steroid dienone is 1. The molecule has 0 aromatic rings. The predicted molar refractivity (Wildman–Crippen MR) is 41.4 cm³/mol. The number of hydrogen-bond acceptors (Lipinski definition) is 3. The molecule has 0 saturated heterocycles. The van der Waals surface area contributed by atoms with Crippen LogP contribution in [-0.2, 0) is 4.84 Å². The number of halogens is 1. The molecule has 0 aliphatic heterocycles. The van der Waals surface area contributed by atoms with Gasteiger partial charge in [0.25, 0.3) is 0 Å². The molecular formula is C6H8BrNO2. The van der Waals surface area contributed by atoms with E-state index in [0.29, 0.717) is 6.42 Å². The maximum absolute atomic E-state index is 9.04. The molecular weight excluding hydrogens is 198 g/mol. The molecule has 0 amide bonds. The Balaban J connectivity index is 2.65. The molecule has 1 aliphatic carbocycles. The van der Waals surface area contributed by atoms with Crippen molar-refractivity contribution in [2.24, 2.45) is 5.90 Å². The van der Waals surface area contributed by atoms with Crippen LogP contribution in [0.15, 0.2) is 22.4 Å². The first-order valence-corrected chi connectivity index (χ1v) is 3.64. The summed E-state index contributed by atoms with van der Waals surface area (Å²) in [7, 11) is 0. The van der Waals surface area contributed by atoms with Crippen LogP contribution in [0.2, 0.25) is 0 Å². The van der Waals surface area contributed by atoms with Gasteiger partial charge in [-0.2, -0.15) is 0 Å². The molecule has 0 saturated carbocycles. The first-order chi connectivity index (χ1) is 4.74. The van der Waals surface area contributed by atoms with Crippen LogP contribution >= 0.6 is 15.9 Å². The molecule has 0 spiro atoms. The van der Waals surface area contributed by atoms with Gasteiger partial charge in [0.15, 0.2) is 0 Å². The topological polar surface area (TPSA) is 55.5 Å². The van der Waals surface area contributed by atoms with Gasteiger partial charge in [0, 0.05) is 10.9 Å². The van der Waals surface area contributed by atoms with Crippen LogP contribution in [0.4, 0.5) is 0 Å². The molecule has 10 heavy (non-hydrogen) atoms. The highest BCUT2D eigenvalue weighted by Crippen LogP contribution is 2.23. The van der Waals surface area contributed by atoms with Crippen molar-refractivity contribution in [2.45, 2.75) is 12.5 Å². The number of aliphatic hydroxyl groups is 1. The Bertz CT molecular complexity index is 188. The number of aliphatic hydroxyl groups excluding tert-OH is 1. The number of rotatable bonds is 1. The van der Waals surface area contributed by atoms with Gasteiger partial charge in [0.2, 0.25) is 0 Å². The zero-order valence-electron chi connectivity index (χ0n) is 5.25. The van der Waals surface area contributed by atoms with E-state index in [0.717, 1.165) is 4.48 Å². The third-order valence-electron chi connectivity index (χ3n) is 1.30. The molecule has 0 fully saturated rings. The van der Waals surface area contributed by atoms with Gasteiger partial charge in [-0.3, -0.25) is 4.84 Å². The molecule has 1 atom stereocenters. The van der Waals surface area contributed by atoms with E-state index in [9.17, 15) is 0 Å². The van der Waals surface area contributed by atoms with E-state index >= 15 is 0 Å². The molecule has 0 bridgehead atoms. The van der Waals surface area contributed by atoms with Crippen LogP contribution in [0.3, 0.4) is 0 Å². The summed E-state index contributed by atoms with van der Waals surface area (Å²) in [5.41, 5.74) is 0. The molecule has 4 heteroatoms. The Morgan fingerprint density at radius 1 is 1.80 bits per heavy atom. The minimum Gasteiger partial charge on any atom is -0.507 e. The van der Waals surface area contributed by atoms with Gasteiger partial charge in [-0.1, -0.05) is 15.9 Å². The van der Waals surface area contributed by atoms with Crippen molar-refractivity contribution in [3.8, 4) is 0 Å². The fourth-order valence-electron chi connectivity index (χ4n) is 0.732. The second-order valence-corrected chi connectivity index (χ2v) is 2.99. The highest BCUT2D eigenvalue weighted by atomic mass is 79.9. The Kier molecular flexibility index (Phi) is 2.48. The second kappa shape index (κ2) is 3.18. The highest BCUT2D eigenvalue weighted by molar-refractivity contribution is 9.11. The van der Waals surface area contributed by atoms with Crippen LogP contribution in [0.25, 0.3) is 0 Å². The van der Waals surface area contributed by atoms with Gasteiger partial charge in [0.05, 0.1) is 0 Å². The zero-order valence-corrected chi connectivity index (χ0v) is 6.84. The summed E-state index contributed by atoms with van der Waals surface area (Å²) in [6.45, 7) is 0. The van der Waals surface area contributed by atoms with E-state index < -0.39 is 0 Å². The first kappa shape index (κ1) is 7.78. The summed E-state index contributed by atoms with van der Waals surface area (Å²) in [6.07, 6.45) is 3.74. The summed E-state index contributed by atoms with van der Waals surface area (Å²) in [5.74, 6) is 5.18. The van der Waals surface area contributed by atoms with Crippen LogP contribution in [-0.4, -0.2) is 11.2 Å². The van der Waals surface area contributed by atoms with E-state index in [1.807, 2.05) is 0 Å². The van der Waals surface area contributed by atoms with E-state index in [1.54, 1.807) is 12.2 Å². The van der Waals surface area contributed by atoms with Crippen molar-refractivity contribution in [2.75, 3.05) is 0 Å². The molecule has 0 aromatic carbocycles. The minimum atomic E-state index is -0.120. The lowest BCUT2D eigenvalue weighted by Crippen LogP contribution is -2.17. The second-order valence-electron chi connectivity index (χ2n) is 2.03. The third-order valence-corrected chi connectivity index (χ3v) is 2.03. The Morgan fingerprint density at radius 2 is 2.50 bits per heavy atom. The van der Waals surface area contributed by atoms with Crippen LogP contribution < -0.4 is 5.90 Å². The van der Waals surface area contributed by atoms with Crippen molar-refractivity contribution in [1.82, 2.24) is 0 Å². The molecule has 3 N–H and O–H groups in total. The molecule has 3 nitrogen and oxygen atoms in total. The number of nitrogens with two attached hydrogens (primary N) is 1. The van der Waals surface area contributed by atoms with Gasteiger partial charge in [-0.25, -0.2) is 5.90 Å². The maximum atomic E-state index is 9.04. The third kappa shape index (κ3) is 1.59. The lowest BCUT2D eigenvalue weighted by atomic mass is 10.1. The van der Waals surface area contributed by atoms with Gasteiger partial charge in [0.1, 0.15) is 11.9 Å². The van der Waals surface area contributed by atoms with Crippen LogP contribution in [0, 0.1) is 0 Å². The first-order valence-electron chi connectivity index (χ1n) is 2.85. The van der Waals surface area contributed by atoms with E-state index in [-0.39, 0.29) is 11.9 Å². The monoisotopic (exact) mass is 205 g/mol. The summed E-state index contributed by atoms with van der Waals surface area (Å²) in [5, 5.41) is 9.04. The van der Waals surface area contributed by atoms with E-state index in [1.165, 1.54) is 0 Å². The summed E-state index contributed by atoms with van der Waals surface area (Å²) < 4.78 is 0.727. The summed E-state index contributed by atoms with van der Waals surface area (Å²) in [6, 6.07) is 0. The predicted octanol–water partition coefficient (Wildman–Crippen LogP) is 1.37. The van der Waals surface area contributed by atoms with Gasteiger partial charge in [-0.15, -0.1) is 0 Å². The zero-order chi connectivity index (χ0) is 7.56. The Morgan fingerprint density at radius 3 is 3.00 bits per heavy atom. The van der Waals surface area contributed by atoms with Crippen molar-refractivity contribution in [3.63, 3.8) is 0 Å². The normalized spacial score (nSPS) is 25.6. The fraction of sp³-hybridized carbons (Fsp3) is 0.333. The highest BCUT2D eigenvalue weighted by Gasteiger charge is 2.13. The molecule has 1 unspecified atom stereocenters. The van der Waals surface area contributed by atoms with Crippen LogP contribution in [0.1, 0.15) is 6.42 Å². The molecule has 1 rings (SSSR count). The molecule has 56 valence electrons. The van der Waals surface area contributed by atoms with Crippen molar-refractivity contribution in [1.29, 1.82) is 0 Å². The minimum absolute atomic E-state index is 0.120. The molecule has 0 aromatic heterocycles. The van der Waals surface area contributed by atoms with Crippen LogP contribution in [0.5, 0.6) is 0 Å². The van der Waals surface area contributed by atoms with Crippen molar-refractivity contribution in [3.05, 3.63) is 22.4 Å². The molecule has 0 heterocycles. The lowest BCUT2D eigenvalue weighted by molar-refractivity contribution is 0.0861. The van der Waals surface area contributed by atoms with Crippen molar-refractivity contribution < 1.29 is 9.94 Å². The Labute approximate surface area is 67.2 Å². The number of hydrogen-bond donors (Lipinski definition) is 2. The summed E-state index contributed by atoms with van der Waals surface area (Å²) in [4.78, 5) is 4.55. The fourth-order valence-corrected chi connectivity index (χ4v) is 1.18. The standard InChI is InChI=1S/C6H8BrNO2/c7-5-3-4(10-8)1-2-6(5)9/h1-2,4,9H,3,8H2. The average molecular weight is 206 g/mol. The molecule has 0 radical (unpaired) electrons. The lowest BCUT2D eigenvalue weighted by Gasteiger charge is -2.13. The average Bonchev–Trinajstić information content (AvgIpc) is 1.95. The van der Waals surface area contributed by atoms with Gasteiger partial charge >= 0.3 is 0 Å².